The molecule has 1 saturated heterocycles. The van der Waals surface area contributed by atoms with E-state index in [0.29, 0.717) is 23.2 Å². The molecule has 0 aromatic heterocycles. The highest BCUT2D eigenvalue weighted by Crippen LogP contribution is 2.77. The van der Waals surface area contributed by atoms with Gasteiger partial charge < -0.3 is 4.74 Å². The normalized spacial score (nSPS) is 52.7. The van der Waals surface area contributed by atoms with E-state index in [1.165, 1.54) is 57.8 Å². The van der Waals surface area contributed by atoms with Gasteiger partial charge in [0.1, 0.15) is 6.10 Å². The summed E-state index contributed by atoms with van der Waals surface area (Å²) in [5.41, 5.74) is 7.29. The van der Waals surface area contributed by atoms with E-state index < -0.39 is 0 Å². The molecule has 7 aliphatic rings. The summed E-state index contributed by atoms with van der Waals surface area (Å²) in [4.78, 5) is 14.2. The summed E-state index contributed by atoms with van der Waals surface area (Å²) in [6.07, 6.45) is 15.2. The molecule has 204 valence electrons. The van der Waals surface area contributed by atoms with E-state index in [9.17, 15) is 4.79 Å². The lowest BCUT2D eigenvalue weighted by molar-refractivity contribution is -0.153. The molecule has 0 amide bonds. The van der Waals surface area contributed by atoms with Crippen LogP contribution in [0.3, 0.4) is 0 Å². The van der Waals surface area contributed by atoms with Crippen LogP contribution in [0.15, 0.2) is 22.3 Å². The largest absolute Gasteiger partial charge is 0.462 e. The summed E-state index contributed by atoms with van der Waals surface area (Å²) in [5.74, 6) is 4.38. The number of carbonyl (C=O) groups excluding carboxylic acids is 1. The van der Waals surface area contributed by atoms with Crippen LogP contribution in [0.2, 0.25) is 0 Å². The van der Waals surface area contributed by atoms with Gasteiger partial charge in [-0.05, 0) is 124 Å². The van der Waals surface area contributed by atoms with E-state index in [4.69, 9.17) is 4.74 Å². The van der Waals surface area contributed by atoms with E-state index in [0.717, 1.165) is 37.0 Å². The molecule has 0 radical (unpaired) electrons. The highest BCUT2D eigenvalue weighted by atomic mass is 16.6. The van der Waals surface area contributed by atoms with Crippen molar-refractivity contribution in [2.75, 3.05) is 0 Å². The second-order valence-corrected chi connectivity index (χ2v) is 16.3. The molecule has 3 saturated carbocycles. The van der Waals surface area contributed by atoms with E-state index in [1.54, 1.807) is 16.7 Å². The molecule has 0 unspecified atom stereocenters. The van der Waals surface area contributed by atoms with Gasteiger partial charge in [0, 0.05) is 11.3 Å². The SMILES string of the molecule is CC1=C2C[C@H]3[C@@H](C[C@@]2(C)CCC1)OC(=O)[C@@]31C[C@H]2C[C@]1(C)C1=C2[C@H](C)CC[C@@H]2[C@H](C(C)C)CC[C@@]2(C)C1. The number of rotatable bonds is 1. The first kappa shape index (κ1) is 25.0. The third kappa shape index (κ3) is 3.03. The molecule has 1 heterocycles. The summed E-state index contributed by atoms with van der Waals surface area (Å²) < 4.78 is 6.51. The summed E-state index contributed by atoms with van der Waals surface area (Å²) in [6.45, 7) is 17.5. The molecular weight excluding hydrogens is 452 g/mol. The minimum Gasteiger partial charge on any atom is -0.462 e. The Hall–Kier alpha value is -1.05. The van der Waals surface area contributed by atoms with Gasteiger partial charge in [-0.15, -0.1) is 0 Å². The Bertz CT molecular complexity index is 1090. The third-order valence-corrected chi connectivity index (χ3v) is 14.3. The first-order valence-corrected chi connectivity index (χ1v) is 16.1. The number of hydrogen-bond acceptors (Lipinski definition) is 2. The summed E-state index contributed by atoms with van der Waals surface area (Å²) in [6, 6.07) is 0. The zero-order valence-electron chi connectivity index (χ0n) is 24.8. The molecule has 1 spiro atoms. The minimum atomic E-state index is -0.284. The molecule has 0 aromatic rings. The van der Waals surface area contributed by atoms with Crippen molar-refractivity contribution in [2.45, 2.75) is 132 Å². The van der Waals surface area contributed by atoms with Crippen LogP contribution in [0.5, 0.6) is 0 Å². The Morgan fingerprint density at radius 2 is 1.73 bits per heavy atom. The molecule has 7 rings (SSSR count). The monoisotopic (exact) mass is 504 g/mol. The lowest BCUT2D eigenvalue weighted by atomic mass is 9.48. The maximum Gasteiger partial charge on any atom is 0.313 e. The number of ether oxygens (including phenoxy) is 1. The van der Waals surface area contributed by atoms with Gasteiger partial charge in [0.25, 0.3) is 0 Å². The number of hydrogen-bond donors (Lipinski definition) is 0. The van der Waals surface area contributed by atoms with Crippen molar-refractivity contribution in [3.05, 3.63) is 22.3 Å². The molecule has 2 bridgehead atoms. The second-order valence-electron chi connectivity index (χ2n) is 16.3. The van der Waals surface area contributed by atoms with E-state index in [2.05, 4.69) is 48.5 Å². The van der Waals surface area contributed by atoms with Crippen molar-refractivity contribution in [2.24, 2.45) is 57.2 Å². The van der Waals surface area contributed by atoms with Crippen LogP contribution in [0, 0.1) is 57.2 Å². The predicted molar refractivity (Wildman–Crippen MR) is 150 cm³/mol. The Balaban J connectivity index is 1.31. The molecule has 4 fully saturated rings. The summed E-state index contributed by atoms with van der Waals surface area (Å²) in [5, 5.41) is 0. The summed E-state index contributed by atoms with van der Waals surface area (Å²) >= 11 is 0. The van der Waals surface area contributed by atoms with Gasteiger partial charge in [-0.3, -0.25) is 4.79 Å². The van der Waals surface area contributed by atoms with Crippen LogP contribution in [0.1, 0.15) is 126 Å². The van der Waals surface area contributed by atoms with Gasteiger partial charge in [-0.2, -0.15) is 0 Å². The molecule has 0 aromatic carbocycles. The third-order valence-electron chi connectivity index (χ3n) is 14.3. The number of esters is 1. The Kier molecular flexibility index (Phi) is 5.25. The smallest absolute Gasteiger partial charge is 0.313 e. The fraction of sp³-hybridized carbons (Fsp3) is 0.857. The molecule has 1 aliphatic heterocycles. The lowest BCUT2D eigenvalue weighted by Gasteiger charge is -2.52. The van der Waals surface area contributed by atoms with Gasteiger partial charge in [-0.25, -0.2) is 0 Å². The van der Waals surface area contributed by atoms with Gasteiger partial charge in [0.05, 0.1) is 5.41 Å². The zero-order chi connectivity index (χ0) is 26.1. The standard InChI is InChI=1S/C35H52O2/c1-20(2)24-12-14-33(6)18-28-30(22(4)10-11-25(24)33)23-16-34(28,7)35(17-23)27-15-26-21(3)9-8-13-32(26,5)19-29(27)37-31(35)36/h20,22-25,27,29H,8-19H2,1-7H3/t22-,23-,24+,25-,27+,29-,32-,33+,34-,35-/m1/s1. The van der Waals surface area contributed by atoms with Gasteiger partial charge >= 0.3 is 5.97 Å². The Morgan fingerprint density at radius 1 is 0.946 bits per heavy atom. The molecule has 10 atom stereocenters. The fourth-order valence-electron chi connectivity index (χ4n) is 12.5. The van der Waals surface area contributed by atoms with Crippen LogP contribution < -0.4 is 0 Å². The van der Waals surface area contributed by atoms with Crippen molar-refractivity contribution >= 4 is 5.97 Å². The van der Waals surface area contributed by atoms with Crippen molar-refractivity contribution < 1.29 is 9.53 Å². The maximum atomic E-state index is 14.2. The quantitative estimate of drug-likeness (QED) is 0.263. The van der Waals surface area contributed by atoms with Crippen molar-refractivity contribution in [1.29, 1.82) is 0 Å². The molecule has 37 heavy (non-hydrogen) atoms. The molecular formula is C35H52O2. The highest BCUT2D eigenvalue weighted by molar-refractivity contribution is 5.83. The van der Waals surface area contributed by atoms with Crippen LogP contribution in [-0.2, 0) is 9.53 Å². The van der Waals surface area contributed by atoms with Crippen LogP contribution in [0.4, 0.5) is 0 Å². The predicted octanol–water partition coefficient (Wildman–Crippen LogP) is 9.05. The average molecular weight is 505 g/mol. The van der Waals surface area contributed by atoms with E-state index in [1.807, 2.05) is 5.57 Å². The molecule has 6 aliphatic carbocycles. The Labute approximate surface area is 226 Å². The van der Waals surface area contributed by atoms with Gasteiger partial charge in [0.2, 0.25) is 0 Å². The minimum absolute atomic E-state index is 0.00451. The van der Waals surface area contributed by atoms with Crippen LogP contribution in [-0.4, -0.2) is 12.1 Å². The Morgan fingerprint density at radius 3 is 2.49 bits per heavy atom. The van der Waals surface area contributed by atoms with Crippen LogP contribution in [0.25, 0.3) is 0 Å². The molecule has 2 heteroatoms. The lowest BCUT2D eigenvalue weighted by Crippen LogP contribution is -2.50. The first-order valence-electron chi connectivity index (χ1n) is 16.1. The topological polar surface area (TPSA) is 26.3 Å². The number of fused-ring (bicyclic) bond motifs is 9. The van der Waals surface area contributed by atoms with E-state index in [-0.39, 0.29) is 28.3 Å². The molecule has 2 nitrogen and oxygen atoms in total. The van der Waals surface area contributed by atoms with Crippen molar-refractivity contribution in [1.82, 2.24) is 0 Å². The fourth-order valence-corrected chi connectivity index (χ4v) is 12.5. The van der Waals surface area contributed by atoms with Crippen LogP contribution >= 0.6 is 0 Å². The average Bonchev–Trinajstić information content (AvgIpc) is 3.47. The highest BCUT2D eigenvalue weighted by Gasteiger charge is 2.75. The zero-order valence-corrected chi connectivity index (χ0v) is 24.8. The van der Waals surface area contributed by atoms with Gasteiger partial charge in [-0.1, -0.05) is 63.8 Å². The maximum absolute atomic E-state index is 14.2. The summed E-state index contributed by atoms with van der Waals surface area (Å²) in [7, 11) is 0. The number of allylic oxidation sites excluding steroid dienone is 4. The van der Waals surface area contributed by atoms with Crippen molar-refractivity contribution in [3.8, 4) is 0 Å². The molecule has 0 N–H and O–H groups in total. The first-order chi connectivity index (χ1) is 17.4. The van der Waals surface area contributed by atoms with Gasteiger partial charge in [0.15, 0.2) is 0 Å². The second kappa shape index (κ2) is 7.78. The van der Waals surface area contributed by atoms with E-state index >= 15 is 0 Å². The number of carbonyl (C=O) groups is 1. The van der Waals surface area contributed by atoms with Crippen molar-refractivity contribution in [3.63, 3.8) is 0 Å².